The van der Waals surface area contributed by atoms with Gasteiger partial charge >= 0.3 is 6.03 Å². The van der Waals surface area contributed by atoms with Crippen LogP contribution in [-0.2, 0) is 9.59 Å². The van der Waals surface area contributed by atoms with Crippen molar-refractivity contribution in [2.75, 3.05) is 31.0 Å². The fourth-order valence-corrected chi connectivity index (χ4v) is 3.45. The molecule has 8 heteroatoms. The molecule has 31 heavy (non-hydrogen) atoms. The molecule has 0 bridgehead atoms. The fourth-order valence-electron chi connectivity index (χ4n) is 3.45. The molecule has 2 aromatic carbocycles. The molecule has 1 atom stereocenters. The molecule has 3 rings (SSSR count). The van der Waals surface area contributed by atoms with E-state index in [1.165, 1.54) is 25.2 Å². The molecule has 1 N–H and O–H groups in total. The number of nitrogens with one attached hydrogen (secondary N) is 1. The van der Waals surface area contributed by atoms with Crippen LogP contribution >= 0.6 is 0 Å². The van der Waals surface area contributed by atoms with Crippen molar-refractivity contribution in [2.45, 2.75) is 19.4 Å². The lowest BCUT2D eigenvalue weighted by molar-refractivity contribution is -0.124. The van der Waals surface area contributed by atoms with Gasteiger partial charge in [0.25, 0.3) is 5.91 Å². The van der Waals surface area contributed by atoms with Gasteiger partial charge in [0.2, 0.25) is 5.91 Å². The van der Waals surface area contributed by atoms with Crippen molar-refractivity contribution in [3.05, 3.63) is 60.7 Å². The number of hydrogen-bond donors (Lipinski definition) is 1. The first-order valence-corrected chi connectivity index (χ1v) is 9.73. The van der Waals surface area contributed by atoms with Crippen LogP contribution in [0.15, 0.2) is 55.1 Å². The summed E-state index contributed by atoms with van der Waals surface area (Å²) in [5, 5.41) is 2.75. The molecule has 0 aliphatic carbocycles. The Bertz CT molecular complexity index is 998. The van der Waals surface area contributed by atoms with E-state index in [4.69, 9.17) is 9.47 Å². The van der Waals surface area contributed by atoms with E-state index in [2.05, 4.69) is 11.9 Å². The van der Waals surface area contributed by atoms with E-state index in [0.29, 0.717) is 22.9 Å². The molecule has 1 aliphatic heterocycles. The fraction of sp³-hybridized carbons (Fsp3) is 0.261. The highest BCUT2D eigenvalue weighted by atomic mass is 16.5. The van der Waals surface area contributed by atoms with Crippen LogP contribution < -0.4 is 19.7 Å². The second-order valence-electron chi connectivity index (χ2n) is 7.11. The first-order chi connectivity index (χ1) is 14.9. The second kappa shape index (κ2) is 9.34. The van der Waals surface area contributed by atoms with Gasteiger partial charge in [0, 0.05) is 30.4 Å². The zero-order valence-corrected chi connectivity index (χ0v) is 17.8. The van der Waals surface area contributed by atoms with Crippen molar-refractivity contribution in [3.63, 3.8) is 0 Å². The van der Waals surface area contributed by atoms with Crippen molar-refractivity contribution in [3.8, 4) is 11.5 Å². The molecule has 1 aliphatic rings. The first-order valence-electron chi connectivity index (χ1n) is 9.73. The summed E-state index contributed by atoms with van der Waals surface area (Å²) in [7, 11) is 3.02. The number of anilines is 2. The minimum Gasteiger partial charge on any atom is -0.497 e. The number of imide groups is 1. The van der Waals surface area contributed by atoms with Gasteiger partial charge in [0.05, 0.1) is 26.3 Å². The number of amides is 4. The lowest BCUT2D eigenvalue weighted by Gasteiger charge is -2.19. The van der Waals surface area contributed by atoms with Crippen LogP contribution in [-0.4, -0.2) is 49.6 Å². The zero-order valence-electron chi connectivity index (χ0n) is 17.8. The first kappa shape index (κ1) is 21.9. The highest BCUT2D eigenvalue weighted by molar-refractivity contribution is 6.22. The lowest BCUT2D eigenvalue weighted by atomic mass is 10.1. The van der Waals surface area contributed by atoms with E-state index in [1.807, 2.05) is 13.0 Å². The largest absolute Gasteiger partial charge is 0.497 e. The van der Waals surface area contributed by atoms with Crippen molar-refractivity contribution < 1.29 is 23.9 Å². The van der Waals surface area contributed by atoms with Gasteiger partial charge in [0.1, 0.15) is 17.5 Å². The number of benzene rings is 2. The molecule has 162 valence electrons. The van der Waals surface area contributed by atoms with Crippen molar-refractivity contribution in [1.29, 1.82) is 0 Å². The quantitative estimate of drug-likeness (QED) is 0.520. The number of ether oxygens (including phenoxy) is 2. The summed E-state index contributed by atoms with van der Waals surface area (Å²) >= 11 is 0. The Morgan fingerprint density at radius 3 is 2.39 bits per heavy atom. The molecule has 0 radical (unpaired) electrons. The molecule has 8 nitrogen and oxygen atoms in total. The molecule has 0 unspecified atom stereocenters. The van der Waals surface area contributed by atoms with Gasteiger partial charge in [-0.05, 0) is 24.6 Å². The third-order valence-corrected chi connectivity index (χ3v) is 4.92. The van der Waals surface area contributed by atoms with E-state index in [9.17, 15) is 14.4 Å². The van der Waals surface area contributed by atoms with Crippen LogP contribution in [0.5, 0.6) is 11.5 Å². The highest BCUT2D eigenvalue weighted by Crippen LogP contribution is 2.29. The maximum atomic E-state index is 13.1. The Morgan fingerprint density at radius 1 is 1.13 bits per heavy atom. The number of carbonyl (C=O) groups excluding carboxylic acids is 3. The number of urea groups is 1. The molecule has 4 amide bonds. The molecule has 0 aromatic heterocycles. The smallest absolute Gasteiger partial charge is 0.332 e. The van der Waals surface area contributed by atoms with Crippen molar-refractivity contribution >= 4 is 29.2 Å². The molecule has 1 heterocycles. The molecule has 2 aromatic rings. The summed E-state index contributed by atoms with van der Waals surface area (Å²) in [6.07, 6.45) is 1.34. The third-order valence-electron chi connectivity index (χ3n) is 4.92. The summed E-state index contributed by atoms with van der Waals surface area (Å²) < 4.78 is 10.4. The summed E-state index contributed by atoms with van der Waals surface area (Å²) in [5.74, 6) is 0.166. The topological polar surface area (TPSA) is 88.2 Å². The van der Waals surface area contributed by atoms with Crippen LogP contribution in [0.1, 0.15) is 12.0 Å². The zero-order chi connectivity index (χ0) is 22.5. The number of hydrogen-bond acceptors (Lipinski definition) is 5. The summed E-state index contributed by atoms with van der Waals surface area (Å²) in [6, 6.07) is 10.7. The van der Waals surface area contributed by atoms with Crippen LogP contribution in [0.3, 0.4) is 0 Å². The average molecular weight is 423 g/mol. The average Bonchev–Trinajstić information content (AvgIpc) is 2.97. The van der Waals surface area contributed by atoms with Crippen molar-refractivity contribution in [2.24, 2.45) is 0 Å². The van der Waals surface area contributed by atoms with Gasteiger partial charge in [-0.1, -0.05) is 18.2 Å². The number of nitrogens with zero attached hydrogens (tertiary/aromatic N) is 2. The number of aryl methyl sites for hydroxylation is 1. The summed E-state index contributed by atoms with van der Waals surface area (Å²) in [4.78, 5) is 41.3. The highest BCUT2D eigenvalue weighted by Gasteiger charge is 2.46. The third kappa shape index (κ3) is 4.69. The van der Waals surface area contributed by atoms with Gasteiger partial charge < -0.3 is 19.7 Å². The Balaban J connectivity index is 1.82. The van der Waals surface area contributed by atoms with E-state index < -0.39 is 23.9 Å². The number of carbonyl (C=O) groups is 3. The van der Waals surface area contributed by atoms with E-state index in [1.54, 1.807) is 36.4 Å². The van der Waals surface area contributed by atoms with Crippen LogP contribution in [0, 0.1) is 6.92 Å². The predicted octanol–water partition coefficient (Wildman–Crippen LogP) is 3.36. The maximum Gasteiger partial charge on any atom is 0.332 e. The molecular formula is C23H25N3O5. The van der Waals surface area contributed by atoms with Crippen molar-refractivity contribution in [1.82, 2.24) is 4.90 Å². The van der Waals surface area contributed by atoms with Gasteiger partial charge in [0.15, 0.2) is 0 Å². The number of methoxy groups -OCH3 is 2. The summed E-state index contributed by atoms with van der Waals surface area (Å²) in [6.45, 7) is 5.69. The molecule has 1 saturated heterocycles. The Morgan fingerprint density at radius 2 is 1.81 bits per heavy atom. The van der Waals surface area contributed by atoms with E-state index >= 15 is 0 Å². The van der Waals surface area contributed by atoms with Crippen LogP contribution in [0.4, 0.5) is 16.2 Å². The van der Waals surface area contributed by atoms with Gasteiger partial charge in [-0.3, -0.25) is 9.59 Å². The predicted molar refractivity (Wildman–Crippen MR) is 118 cm³/mol. The van der Waals surface area contributed by atoms with Crippen LogP contribution in [0.25, 0.3) is 0 Å². The monoisotopic (exact) mass is 423 g/mol. The molecular weight excluding hydrogens is 398 g/mol. The molecule has 0 spiro atoms. The SMILES string of the molecule is C=CCN1C(=O)N(c2cccc(C)c2)C(=O)[C@H]1CC(=O)Nc1cc(OC)cc(OC)c1. The van der Waals surface area contributed by atoms with Gasteiger partial charge in [-0.2, -0.15) is 0 Å². The minimum absolute atomic E-state index is 0.151. The van der Waals surface area contributed by atoms with Gasteiger partial charge in [-0.25, -0.2) is 9.69 Å². The summed E-state index contributed by atoms with van der Waals surface area (Å²) in [5.41, 5.74) is 1.86. The standard InChI is InChI=1S/C23H25N3O5/c1-5-9-25-20(22(28)26(23(25)29)17-8-6-7-15(2)10-17)14-21(27)24-16-11-18(30-3)13-19(12-16)31-4/h5-8,10-13,20H,1,9,14H2,2-4H3,(H,24,27)/t20-/m1/s1. The molecule has 0 saturated carbocycles. The molecule has 1 fully saturated rings. The van der Waals surface area contributed by atoms with Gasteiger partial charge in [-0.15, -0.1) is 6.58 Å². The lowest BCUT2D eigenvalue weighted by Crippen LogP contribution is -2.38. The minimum atomic E-state index is -0.932. The maximum absolute atomic E-state index is 13.1. The van der Waals surface area contributed by atoms with Crippen LogP contribution in [0.2, 0.25) is 0 Å². The van der Waals surface area contributed by atoms with E-state index in [0.717, 1.165) is 10.5 Å². The Hall–Kier alpha value is -3.81. The normalized spacial score (nSPS) is 15.8. The second-order valence-corrected chi connectivity index (χ2v) is 7.11. The van der Waals surface area contributed by atoms with E-state index in [-0.39, 0.29) is 13.0 Å². The Labute approximate surface area is 181 Å². The Kier molecular flexibility index (Phi) is 6.59. The number of rotatable bonds is 8.